The number of nitrogens with one attached hydrogen (secondary N) is 2. The smallest absolute Gasteiger partial charge is 0.225 e. The molecule has 1 aliphatic carbocycles. The van der Waals surface area contributed by atoms with Crippen molar-refractivity contribution >= 4 is 34.7 Å². The fourth-order valence-electron chi connectivity index (χ4n) is 5.47. The summed E-state index contributed by atoms with van der Waals surface area (Å²) >= 11 is 0. The van der Waals surface area contributed by atoms with Crippen LogP contribution >= 0.6 is 0 Å². The third-order valence-corrected chi connectivity index (χ3v) is 7.88. The van der Waals surface area contributed by atoms with Crippen molar-refractivity contribution in [2.75, 3.05) is 44.6 Å². The number of fused-ring (bicyclic) bond motifs is 2. The van der Waals surface area contributed by atoms with E-state index in [1.807, 2.05) is 0 Å². The summed E-state index contributed by atoms with van der Waals surface area (Å²) < 4.78 is 0. The second-order valence-corrected chi connectivity index (χ2v) is 10.8. The number of aliphatic imine (C=N–C) groups is 1. The van der Waals surface area contributed by atoms with Gasteiger partial charge >= 0.3 is 0 Å². The number of aliphatic hydroxyl groups excluding tert-OH is 2. The van der Waals surface area contributed by atoms with Crippen LogP contribution in [-0.4, -0.2) is 94.8 Å². The Morgan fingerprint density at radius 2 is 1.49 bits per heavy atom. The van der Waals surface area contributed by atoms with Crippen LogP contribution < -0.4 is 10.6 Å². The van der Waals surface area contributed by atoms with Gasteiger partial charge in [-0.05, 0) is 56.0 Å². The maximum absolute atomic E-state index is 13.1. The van der Waals surface area contributed by atoms with Crippen molar-refractivity contribution in [1.82, 2.24) is 15.1 Å². The number of aliphatic hydroxyl groups is 2. The molecule has 3 aliphatic heterocycles. The number of carbonyl (C=O) groups excluding carboxylic acids is 3. The number of amides is 2. The van der Waals surface area contributed by atoms with E-state index in [2.05, 4.69) is 20.4 Å². The molecule has 4 aliphatic rings. The lowest BCUT2D eigenvalue weighted by atomic mass is 9.86. The summed E-state index contributed by atoms with van der Waals surface area (Å²) in [5.74, 6) is -0.781. The number of benzene rings is 1. The molecule has 0 radical (unpaired) electrons. The fourth-order valence-corrected chi connectivity index (χ4v) is 5.47. The molecule has 10 heteroatoms. The highest BCUT2D eigenvalue weighted by Crippen LogP contribution is 2.34. The Balaban J connectivity index is 1.17. The van der Waals surface area contributed by atoms with Crippen molar-refractivity contribution in [3.05, 3.63) is 47.7 Å². The predicted octanol–water partition coefficient (Wildman–Crippen LogP) is 1.77. The molecule has 1 aromatic carbocycles. The van der Waals surface area contributed by atoms with Gasteiger partial charge in [-0.2, -0.15) is 0 Å². The standard InChI is InChI=1S/C29H37N5O5/c35-21-5-11-33(12-6-21)15-9-27(37)30-19-1-3-23-25(17-19)32-26-18-20(2-4-24(26)29(23)39)31-28(38)10-16-34-13-7-22(36)8-14-34/h1-4,17-18,21-23,35-36H,5-16H2,(H,30,37)(H,31,38). The minimum absolute atomic E-state index is 0.0645. The summed E-state index contributed by atoms with van der Waals surface area (Å²) in [6.45, 7) is 4.45. The molecule has 1 aromatic rings. The first-order chi connectivity index (χ1) is 18.8. The minimum atomic E-state index is -0.499. The monoisotopic (exact) mass is 535 g/mol. The molecule has 2 fully saturated rings. The second kappa shape index (κ2) is 12.3. The van der Waals surface area contributed by atoms with Crippen molar-refractivity contribution in [2.45, 2.75) is 50.7 Å². The number of hydrogen-bond donors (Lipinski definition) is 4. The van der Waals surface area contributed by atoms with E-state index in [9.17, 15) is 24.6 Å². The average Bonchev–Trinajstić information content (AvgIpc) is 2.92. The first-order valence-corrected chi connectivity index (χ1v) is 13.9. The Morgan fingerprint density at radius 3 is 2.10 bits per heavy atom. The van der Waals surface area contributed by atoms with Gasteiger partial charge in [0.15, 0.2) is 5.78 Å². The van der Waals surface area contributed by atoms with E-state index < -0.39 is 5.92 Å². The normalized spacial score (nSPS) is 22.5. The topological polar surface area (TPSA) is 135 Å². The third kappa shape index (κ3) is 7.07. The molecule has 1 atom stereocenters. The van der Waals surface area contributed by atoms with Gasteiger partial charge < -0.3 is 30.6 Å². The van der Waals surface area contributed by atoms with Crippen LogP contribution in [0.3, 0.4) is 0 Å². The summed E-state index contributed by atoms with van der Waals surface area (Å²) in [6.07, 6.45) is 8.42. The first-order valence-electron chi connectivity index (χ1n) is 13.9. The Kier molecular flexibility index (Phi) is 8.66. The molecule has 4 N–H and O–H groups in total. The van der Waals surface area contributed by atoms with Gasteiger partial charge in [-0.25, -0.2) is 0 Å². The zero-order valence-corrected chi connectivity index (χ0v) is 22.1. The minimum Gasteiger partial charge on any atom is -0.393 e. The molecule has 1 unspecified atom stereocenters. The molecule has 0 aromatic heterocycles. The van der Waals surface area contributed by atoms with Crippen LogP contribution in [0.15, 0.2) is 47.1 Å². The maximum atomic E-state index is 13.1. The van der Waals surface area contributed by atoms with E-state index in [0.717, 1.165) is 51.9 Å². The summed E-state index contributed by atoms with van der Waals surface area (Å²) in [7, 11) is 0. The SMILES string of the molecule is O=C(CCN1CCC(O)CC1)NC1=CC2=Nc3cc(NC(=O)CCN4CCC(O)CC4)ccc3C(=O)C2C=C1. The van der Waals surface area contributed by atoms with Crippen molar-refractivity contribution < 1.29 is 24.6 Å². The highest BCUT2D eigenvalue weighted by molar-refractivity contribution is 6.23. The average molecular weight is 536 g/mol. The number of piperidine rings is 2. The number of allylic oxidation sites excluding steroid dienone is 3. The number of anilines is 1. The molecule has 0 spiro atoms. The molecule has 10 nitrogen and oxygen atoms in total. The number of rotatable bonds is 8. The Morgan fingerprint density at radius 1 is 0.897 bits per heavy atom. The lowest BCUT2D eigenvalue weighted by Gasteiger charge is -2.29. The van der Waals surface area contributed by atoms with Gasteiger partial charge in [0.25, 0.3) is 0 Å². The largest absolute Gasteiger partial charge is 0.393 e. The van der Waals surface area contributed by atoms with Gasteiger partial charge in [-0.15, -0.1) is 0 Å². The number of ketones is 1. The van der Waals surface area contributed by atoms with Crippen LogP contribution in [0.5, 0.6) is 0 Å². The molecule has 5 rings (SSSR count). The molecule has 0 bridgehead atoms. The van der Waals surface area contributed by atoms with Crippen LogP contribution in [-0.2, 0) is 9.59 Å². The number of hydrogen-bond acceptors (Lipinski definition) is 8. The first kappa shape index (κ1) is 27.4. The lowest BCUT2D eigenvalue weighted by molar-refractivity contribution is -0.120. The molecule has 39 heavy (non-hydrogen) atoms. The van der Waals surface area contributed by atoms with E-state index in [-0.39, 0.29) is 29.8 Å². The van der Waals surface area contributed by atoms with Crippen LogP contribution in [0.2, 0.25) is 0 Å². The van der Waals surface area contributed by atoms with E-state index in [0.29, 0.717) is 54.3 Å². The van der Waals surface area contributed by atoms with Crippen molar-refractivity contribution in [2.24, 2.45) is 10.9 Å². The molecule has 208 valence electrons. The van der Waals surface area contributed by atoms with Gasteiger partial charge in [-0.3, -0.25) is 19.4 Å². The van der Waals surface area contributed by atoms with Gasteiger partial charge in [0.1, 0.15) is 0 Å². The third-order valence-electron chi connectivity index (χ3n) is 7.88. The summed E-state index contributed by atoms with van der Waals surface area (Å²) in [5, 5.41) is 25.1. The van der Waals surface area contributed by atoms with E-state index in [4.69, 9.17) is 4.99 Å². The predicted molar refractivity (Wildman–Crippen MR) is 148 cm³/mol. The highest BCUT2D eigenvalue weighted by atomic mass is 16.3. The molecular weight excluding hydrogens is 498 g/mol. The van der Waals surface area contributed by atoms with Crippen LogP contribution in [0, 0.1) is 5.92 Å². The molecule has 0 saturated carbocycles. The zero-order valence-electron chi connectivity index (χ0n) is 22.1. The lowest BCUT2D eigenvalue weighted by Crippen LogP contribution is -2.38. The number of carbonyl (C=O) groups is 3. The van der Waals surface area contributed by atoms with E-state index in [1.54, 1.807) is 36.4 Å². The highest BCUT2D eigenvalue weighted by Gasteiger charge is 2.31. The molecular formula is C29H37N5O5. The van der Waals surface area contributed by atoms with Crippen LogP contribution in [0.25, 0.3) is 0 Å². The van der Waals surface area contributed by atoms with Gasteiger partial charge in [0, 0.05) is 69.1 Å². The molecule has 2 amide bonds. The Labute approximate surface area is 228 Å². The number of likely N-dealkylation sites (tertiary alicyclic amines) is 2. The Bertz CT molecular complexity index is 1190. The fraction of sp³-hybridized carbons (Fsp3) is 0.517. The van der Waals surface area contributed by atoms with E-state index in [1.165, 1.54) is 0 Å². The summed E-state index contributed by atoms with van der Waals surface area (Å²) in [6, 6.07) is 5.14. The van der Waals surface area contributed by atoms with Crippen LogP contribution in [0.1, 0.15) is 48.9 Å². The van der Waals surface area contributed by atoms with Gasteiger partial charge in [-0.1, -0.05) is 6.08 Å². The van der Waals surface area contributed by atoms with E-state index >= 15 is 0 Å². The number of nitrogens with zero attached hydrogens (tertiary/aromatic N) is 3. The zero-order chi connectivity index (χ0) is 27.4. The summed E-state index contributed by atoms with van der Waals surface area (Å²) in [5.41, 5.74) is 2.74. The van der Waals surface area contributed by atoms with Crippen molar-refractivity contribution in [3.8, 4) is 0 Å². The maximum Gasteiger partial charge on any atom is 0.225 e. The number of Topliss-reactive ketones (excluding diaryl/α,β-unsaturated/α-hetero) is 1. The van der Waals surface area contributed by atoms with Crippen molar-refractivity contribution in [1.29, 1.82) is 0 Å². The second-order valence-electron chi connectivity index (χ2n) is 10.8. The van der Waals surface area contributed by atoms with Crippen molar-refractivity contribution in [3.63, 3.8) is 0 Å². The Hall–Kier alpha value is -3.18. The molecule has 2 saturated heterocycles. The quantitative estimate of drug-likeness (QED) is 0.399. The molecule has 3 heterocycles. The summed E-state index contributed by atoms with van der Waals surface area (Å²) in [4.78, 5) is 47.3. The van der Waals surface area contributed by atoms with Gasteiger partial charge in [0.2, 0.25) is 11.8 Å². The van der Waals surface area contributed by atoms with Gasteiger partial charge in [0.05, 0.1) is 29.5 Å². The van der Waals surface area contributed by atoms with Crippen LogP contribution in [0.4, 0.5) is 11.4 Å².